The Bertz CT molecular complexity index is 1270. The lowest BCUT2D eigenvalue weighted by Crippen LogP contribution is -2.14. The summed E-state index contributed by atoms with van der Waals surface area (Å²) in [6.07, 6.45) is -3.43. The number of hydrogen-bond acceptors (Lipinski definition) is 5. The number of nitrogens with zero attached hydrogens (tertiary/aromatic N) is 2. The van der Waals surface area contributed by atoms with E-state index in [1.54, 1.807) is 19.1 Å². The van der Waals surface area contributed by atoms with E-state index in [-0.39, 0.29) is 28.5 Å². The highest BCUT2D eigenvalue weighted by molar-refractivity contribution is 6.10. The Labute approximate surface area is 179 Å². The highest BCUT2D eigenvalue weighted by Gasteiger charge is 2.30. The number of carbonyl (C=O) groups is 1. The second kappa shape index (κ2) is 8.77. The van der Waals surface area contributed by atoms with Crippen molar-refractivity contribution in [2.75, 3.05) is 5.32 Å². The summed E-state index contributed by atoms with van der Waals surface area (Å²) < 4.78 is 44.2. The number of nitro groups is 1. The Hall–Kier alpha value is -4.39. The summed E-state index contributed by atoms with van der Waals surface area (Å²) in [5.41, 5.74) is -0.900. The molecule has 0 aliphatic carbocycles. The van der Waals surface area contributed by atoms with E-state index in [0.717, 1.165) is 18.2 Å². The van der Waals surface area contributed by atoms with Gasteiger partial charge in [-0.1, -0.05) is 18.2 Å². The molecule has 3 aromatic rings. The van der Waals surface area contributed by atoms with Gasteiger partial charge >= 0.3 is 6.18 Å². The monoisotopic (exact) mass is 441 g/mol. The Morgan fingerprint density at radius 2 is 1.94 bits per heavy atom. The van der Waals surface area contributed by atoms with E-state index >= 15 is 0 Å². The maximum absolute atomic E-state index is 12.9. The molecule has 0 aliphatic heterocycles. The largest absolute Gasteiger partial charge is 0.457 e. The summed E-state index contributed by atoms with van der Waals surface area (Å²) in [4.78, 5) is 23.0. The predicted octanol–water partition coefficient (Wildman–Crippen LogP) is 5.73. The summed E-state index contributed by atoms with van der Waals surface area (Å²) in [6, 6.07) is 13.2. The van der Waals surface area contributed by atoms with E-state index in [4.69, 9.17) is 4.42 Å². The molecule has 10 heteroatoms. The van der Waals surface area contributed by atoms with Gasteiger partial charge in [0.05, 0.1) is 10.5 Å². The predicted molar refractivity (Wildman–Crippen MR) is 109 cm³/mol. The van der Waals surface area contributed by atoms with Crippen LogP contribution in [0.2, 0.25) is 0 Å². The van der Waals surface area contributed by atoms with Gasteiger partial charge in [-0.3, -0.25) is 14.9 Å². The first-order valence-electron chi connectivity index (χ1n) is 9.04. The Kier molecular flexibility index (Phi) is 6.11. The van der Waals surface area contributed by atoms with Crippen LogP contribution in [0, 0.1) is 28.4 Å². The number of rotatable bonds is 5. The molecule has 7 nitrogen and oxygen atoms in total. The van der Waals surface area contributed by atoms with Crippen molar-refractivity contribution in [3.05, 3.63) is 87.2 Å². The lowest BCUT2D eigenvalue weighted by Gasteiger charge is -2.07. The van der Waals surface area contributed by atoms with Crippen molar-refractivity contribution in [3.8, 4) is 17.4 Å². The average Bonchev–Trinajstić information content (AvgIpc) is 3.21. The van der Waals surface area contributed by atoms with Crippen LogP contribution in [-0.4, -0.2) is 10.8 Å². The lowest BCUT2D eigenvalue weighted by molar-refractivity contribution is -0.384. The van der Waals surface area contributed by atoms with Crippen molar-refractivity contribution in [2.45, 2.75) is 13.1 Å². The number of benzene rings is 2. The first-order valence-corrected chi connectivity index (χ1v) is 9.04. The molecule has 0 saturated carbocycles. The van der Waals surface area contributed by atoms with Crippen molar-refractivity contribution in [1.82, 2.24) is 0 Å². The summed E-state index contributed by atoms with van der Waals surface area (Å²) in [5.74, 6) is -0.756. The summed E-state index contributed by atoms with van der Waals surface area (Å²) in [6.45, 7) is 1.65. The second-order valence-electron chi connectivity index (χ2n) is 6.68. The fraction of sp³-hybridized carbons (Fsp3) is 0.0909. The van der Waals surface area contributed by atoms with Crippen LogP contribution in [-0.2, 0) is 11.0 Å². The number of carbonyl (C=O) groups excluding carboxylic acids is 1. The molecule has 1 amide bonds. The molecular weight excluding hydrogens is 427 g/mol. The van der Waals surface area contributed by atoms with Gasteiger partial charge < -0.3 is 9.73 Å². The second-order valence-corrected chi connectivity index (χ2v) is 6.68. The van der Waals surface area contributed by atoms with Crippen molar-refractivity contribution >= 4 is 23.4 Å². The van der Waals surface area contributed by atoms with Gasteiger partial charge in [0.25, 0.3) is 11.6 Å². The number of amides is 1. The molecule has 2 aromatic carbocycles. The van der Waals surface area contributed by atoms with E-state index in [1.807, 2.05) is 0 Å². The number of halogens is 3. The fourth-order valence-corrected chi connectivity index (χ4v) is 2.81. The molecule has 0 bridgehead atoms. The highest BCUT2D eigenvalue weighted by Crippen LogP contribution is 2.33. The van der Waals surface area contributed by atoms with Crippen LogP contribution >= 0.6 is 0 Å². The molecule has 162 valence electrons. The summed E-state index contributed by atoms with van der Waals surface area (Å²) >= 11 is 0. The van der Waals surface area contributed by atoms with Crippen LogP contribution in [0.1, 0.15) is 16.9 Å². The van der Waals surface area contributed by atoms with Gasteiger partial charge in [-0.15, -0.1) is 0 Å². The van der Waals surface area contributed by atoms with E-state index in [0.29, 0.717) is 5.56 Å². The Balaban J connectivity index is 1.86. The van der Waals surface area contributed by atoms with Gasteiger partial charge in [-0.25, -0.2) is 0 Å². The Morgan fingerprint density at radius 3 is 2.59 bits per heavy atom. The lowest BCUT2D eigenvalue weighted by atomic mass is 10.1. The van der Waals surface area contributed by atoms with Gasteiger partial charge in [0.2, 0.25) is 0 Å². The summed E-state index contributed by atoms with van der Waals surface area (Å²) in [7, 11) is 0. The van der Waals surface area contributed by atoms with Crippen molar-refractivity contribution in [3.63, 3.8) is 0 Å². The zero-order chi connectivity index (χ0) is 23.5. The minimum absolute atomic E-state index is 0.0440. The van der Waals surface area contributed by atoms with Crippen molar-refractivity contribution in [2.24, 2.45) is 0 Å². The molecular formula is C22H14F3N3O4. The summed E-state index contributed by atoms with van der Waals surface area (Å²) in [5, 5.41) is 22.8. The van der Waals surface area contributed by atoms with Gasteiger partial charge in [-0.2, -0.15) is 18.4 Å². The third-order valence-electron chi connectivity index (χ3n) is 4.35. The van der Waals surface area contributed by atoms with Gasteiger partial charge in [0.1, 0.15) is 28.9 Å². The van der Waals surface area contributed by atoms with Crippen LogP contribution in [0.25, 0.3) is 17.4 Å². The number of nitriles is 1. The molecule has 0 aliphatic rings. The van der Waals surface area contributed by atoms with E-state index in [1.165, 1.54) is 36.4 Å². The maximum atomic E-state index is 12.9. The zero-order valence-corrected chi connectivity index (χ0v) is 16.4. The first-order chi connectivity index (χ1) is 15.1. The highest BCUT2D eigenvalue weighted by atomic mass is 19.4. The molecule has 32 heavy (non-hydrogen) atoms. The molecule has 1 N–H and O–H groups in total. The number of aryl methyl sites for hydroxylation is 1. The molecule has 0 radical (unpaired) electrons. The molecule has 3 rings (SSSR count). The van der Waals surface area contributed by atoms with Crippen LogP contribution in [0.15, 0.2) is 64.6 Å². The Morgan fingerprint density at radius 1 is 1.19 bits per heavy atom. The van der Waals surface area contributed by atoms with E-state index in [2.05, 4.69) is 5.32 Å². The molecule has 1 heterocycles. The third kappa shape index (κ3) is 5.02. The van der Waals surface area contributed by atoms with Crippen LogP contribution in [0.5, 0.6) is 0 Å². The topological polar surface area (TPSA) is 109 Å². The average molecular weight is 441 g/mol. The van der Waals surface area contributed by atoms with Gasteiger partial charge in [-0.05, 0) is 42.8 Å². The number of furan rings is 1. The number of nitrogens with one attached hydrogen (secondary N) is 1. The third-order valence-corrected chi connectivity index (χ3v) is 4.35. The van der Waals surface area contributed by atoms with Crippen LogP contribution in [0.3, 0.4) is 0 Å². The van der Waals surface area contributed by atoms with E-state index < -0.39 is 28.1 Å². The van der Waals surface area contributed by atoms with Gasteiger partial charge in [0, 0.05) is 17.7 Å². The number of hydrogen-bond donors (Lipinski definition) is 1. The van der Waals surface area contributed by atoms with Crippen molar-refractivity contribution < 1.29 is 27.3 Å². The quantitative estimate of drug-likeness (QED) is 0.235. The molecule has 0 atom stereocenters. The fourth-order valence-electron chi connectivity index (χ4n) is 2.81. The van der Waals surface area contributed by atoms with Crippen molar-refractivity contribution in [1.29, 1.82) is 5.26 Å². The van der Waals surface area contributed by atoms with Crippen LogP contribution in [0.4, 0.5) is 24.5 Å². The number of nitro benzene ring substituents is 1. The smallest absolute Gasteiger partial charge is 0.416 e. The normalized spacial score (nSPS) is 11.7. The molecule has 0 unspecified atom stereocenters. The minimum Gasteiger partial charge on any atom is -0.457 e. The van der Waals surface area contributed by atoms with E-state index in [9.17, 15) is 33.3 Å². The standard InChI is InChI=1S/C22H14F3N3O4/c1-13-5-7-18(19(9-13)28(30)31)27-21(29)15(12-26)11-17-6-8-20(32-17)14-3-2-4-16(10-14)22(23,24)25/h2-11H,1H3,(H,27,29)/b15-11+. The number of anilines is 1. The molecule has 0 fully saturated rings. The SMILES string of the molecule is Cc1ccc(NC(=O)/C(C#N)=C/c2ccc(-c3cccc(C(F)(F)F)c3)o2)c([N+](=O)[O-])c1. The minimum atomic E-state index is -4.52. The molecule has 1 aromatic heterocycles. The zero-order valence-electron chi connectivity index (χ0n) is 16.4. The first kappa shape index (κ1) is 22.3. The maximum Gasteiger partial charge on any atom is 0.416 e. The molecule has 0 saturated heterocycles. The van der Waals surface area contributed by atoms with Gasteiger partial charge in [0.15, 0.2) is 0 Å². The van der Waals surface area contributed by atoms with Crippen LogP contribution < -0.4 is 5.32 Å². The number of alkyl halides is 3. The molecule has 0 spiro atoms.